The molecule has 1 aliphatic carbocycles. The Balaban J connectivity index is 1.10. The Kier molecular flexibility index (Phi) is 5.96. The number of para-hydroxylation sites is 1. The van der Waals surface area contributed by atoms with Crippen LogP contribution in [0.25, 0.3) is 148 Å². The molecule has 0 bridgehead atoms. The highest BCUT2D eigenvalue weighted by Crippen LogP contribution is 2.51. The third-order valence-corrected chi connectivity index (χ3v) is 16.5. The van der Waals surface area contributed by atoms with Crippen molar-refractivity contribution in [2.24, 2.45) is 0 Å². The topological polar surface area (TPSA) is 14.8 Å². The molecule has 0 unspecified atom stereocenters. The fraction of sp³-hybridized carbons (Fsp3) is 0. The number of rotatable bonds is 1. The number of hydrogen-bond acceptors (Lipinski definition) is 0. The molecule has 0 atom stereocenters. The highest BCUT2D eigenvalue weighted by atomic mass is 15.1. The lowest BCUT2D eigenvalue weighted by Gasteiger charge is -2.35. The summed E-state index contributed by atoms with van der Waals surface area (Å²) < 4.78 is 7.90. The van der Waals surface area contributed by atoms with E-state index in [1.54, 1.807) is 0 Å². The summed E-state index contributed by atoms with van der Waals surface area (Å²) in [4.78, 5) is 0. The molecule has 0 saturated carbocycles. The van der Waals surface area contributed by atoms with E-state index in [0.29, 0.717) is 0 Å². The van der Waals surface area contributed by atoms with Crippen LogP contribution in [0.5, 0.6) is 0 Å². The van der Waals surface area contributed by atoms with Crippen molar-refractivity contribution in [3.05, 3.63) is 206 Å². The smallest absolute Gasteiger partial charge is 0.252 e. The maximum absolute atomic E-state index is 2.68. The Bertz CT molecular complexity index is 4920. The van der Waals surface area contributed by atoms with Gasteiger partial charge in [0.1, 0.15) is 0 Å². The quantitative estimate of drug-likeness (QED) is 0.146. The van der Waals surface area contributed by atoms with Crippen molar-refractivity contribution in [1.29, 1.82) is 0 Å². The summed E-state index contributed by atoms with van der Waals surface area (Å²) in [6.07, 6.45) is 0. The first-order chi connectivity index (χ1) is 33.8. The van der Waals surface area contributed by atoms with Gasteiger partial charge in [0.15, 0.2) is 0 Å². The highest BCUT2D eigenvalue weighted by molar-refractivity contribution is 7.00. The summed E-state index contributed by atoms with van der Waals surface area (Å²) in [7, 11) is 0. The summed E-state index contributed by atoms with van der Waals surface area (Å²) in [5.74, 6) is 0. The van der Waals surface area contributed by atoms with Crippen molar-refractivity contribution in [2.75, 3.05) is 0 Å². The summed E-state index contributed by atoms with van der Waals surface area (Å²) in [5, 5.41) is 18.2. The first-order valence-corrected chi connectivity index (χ1v) is 23.9. The SMILES string of the molecule is c1ccc2c(c1)-c1cccc3ccc4c(c13)c1c-2ccc2c1n4-c1cc(-n3c4ccccc4c4c5ccccc5ccc43)cc3c1B2c1cc2ccccc2c2c4c5ccccc5ccc4n-3c12. The van der Waals surface area contributed by atoms with Crippen molar-refractivity contribution in [2.45, 2.75) is 0 Å². The minimum Gasteiger partial charge on any atom is -0.310 e. The average molecular weight is 856 g/mol. The number of fused-ring (bicyclic) bond motifs is 20. The first-order valence-electron chi connectivity index (χ1n) is 23.9. The van der Waals surface area contributed by atoms with Crippen molar-refractivity contribution >= 4 is 132 Å². The highest BCUT2D eigenvalue weighted by Gasteiger charge is 2.43. The monoisotopic (exact) mass is 855 g/mol. The predicted molar refractivity (Wildman–Crippen MR) is 289 cm³/mol. The summed E-state index contributed by atoms with van der Waals surface area (Å²) >= 11 is 0. The minimum atomic E-state index is -0.0126. The molecular formula is C64H34BN3. The van der Waals surface area contributed by atoms with E-state index in [1.807, 2.05) is 0 Å². The van der Waals surface area contributed by atoms with Crippen LogP contribution in [0.4, 0.5) is 0 Å². The van der Waals surface area contributed by atoms with E-state index < -0.39 is 0 Å². The zero-order chi connectivity index (χ0) is 43.7. The Morgan fingerprint density at radius 2 is 0.809 bits per heavy atom. The molecule has 0 spiro atoms. The van der Waals surface area contributed by atoms with Crippen LogP contribution in [-0.4, -0.2) is 20.4 Å². The molecule has 0 N–H and O–H groups in total. The van der Waals surface area contributed by atoms with Crippen LogP contribution in [0.2, 0.25) is 0 Å². The molecule has 12 aromatic carbocycles. The van der Waals surface area contributed by atoms with E-state index in [9.17, 15) is 0 Å². The zero-order valence-electron chi connectivity index (χ0n) is 36.5. The average Bonchev–Trinajstić information content (AvgIpc) is 4.04. The third kappa shape index (κ3) is 3.86. The van der Waals surface area contributed by atoms with Gasteiger partial charge in [-0.05, 0) is 118 Å². The summed E-state index contributed by atoms with van der Waals surface area (Å²) in [6.45, 7) is -0.0126. The van der Waals surface area contributed by atoms with Crippen LogP contribution in [0.1, 0.15) is 0 Å². The second-order valence-electron chi connectivity index (χ2n) is 19.5. The lowest BCUT2D eigenvalue weighted by Crippen LogP contribution is -2.59. The predicted octanol–water partition coefficient (Wildman–Crippen LogP) is 14.4. The molecule has 308 valence electrons. The van der Waals surface area contributed by atoms with Gasteiger partial charge < -0.3 is 13.7 Å². The summed E-state index contributed by atoms with van der Waals surface area (Å²) in [6, 6.07) is 78.7. The summed E-state index contributed by atoms with van der Waals surface area (Å²) in [5.41, 5.74) is 20.5. The number of hydrogen-bond donors (Lipinski definition) is 0. The zero-order valence-corrected chi connectivity index (χ0v) is 36.5. The minimum absolute atomic E-state index is 0.0126. The molecule has 68 heavy (non-hydrogen) atoms. The van der Waals surface area contributed by atoms with Crippen molar-refractivity contribution in [3.63, 3.8) is 0 Å². The van der Waals surface area contributed by atoms with E-state index in [4.69, 9.17) is 0 Å². The molecule has 4 heteroatoms. The fourth-order valence-corrected chi connectivity index (χ4v) is 14.0. The Morgan fingerprint density at radius 1 is 0.279 bits per heavy atom. The Labute approximate surface area is 389 Å². The number of nitrogens with zero attached hydrogens (tertiary/aromatic N) is 3. The molecule has 0 amide bonds. The van der Waals surface area contributed by atoms with Crippen molar-refractivity contribution < 1.29 is 0 Å². The molecule has 3 aliphatic rings. The molecule has 0 saturated heterocycles. The van der Waals surface area contributed by atoms with E-state index in [1.165, 1.54) is 159 Å². The number of aromatic nitrogens is 3. The molecule has 15 aromatic rings. The molecule has 2 aliphatic heterocycles. The first kappa shape index (κ1) is 34.5. The van der Waals surface area contributed by atoms with Gasteiger partial charge in [0.25, 0.3) is 6.71 Å². The van der Waals surface area contributed by atoms with Crippen LogP contribution in [0.15, 0.2) is 206 Å². The van der Waals surface area contributed by atoms with Gasteiger partial charge in [0, 0.05) is 43.7 Å². The van der Waals surface area contributed by atoms with Gasteiger partial charge in [-0.15, -0.1) is 0 Å². The van der Waals surface area contributed by atoms with Crippen molar-refractivity contribution in [1.82, 2.24) is 13.7 Å². The fourth-order valence-electron chi connectivity index (χ4n) is 14.0. The second kappa shape index (κ2) is 11.7. The van der Waals surface area contributed by atoms with Gasteiger partial charge in [0.2, 0.25) is 0 Å². The van der Waals surface area contributed by atoms with Crippen molar-refractivity contribution in [3.8, 4) is 39.3 Å². The maximum atomic E-state index is 2.68. The van der Waals surface area contributed by atoms with Crippen LogP contribution in [-0.2, 0) is 0 Å². The van der Waals surface area contributed by atoms with Crippen LogP contribution >= 0.6 is 0 Å². The second-order valence-corrected chi connectivity index (χ2v) is 19.5. The lowest BCUT2D eigenvalue weighted by atomic mass is 9.34. The van der Waals surface area contributed by atoms with Gasteiger partial charge in [-0.3, -0.25) is 0 Å². The van der Waals surface area contributed by atoms with Gasteiger partial charge in [-0.1, -0.05) is 170 Å². The van der Waals surface area contributed by atoms with Crippen LogP contribution in [0.3, 0.4) is 0 Å². The Morgan fingerprint density at radius 3 is 1.54 bits per heavy atom. The standard InChI is InChI=1S/C64H34BN3/c1-4-16-40-35(12-1)24-29-51-57(40)47-21-9-10-23-50(47)66(51)39-33-54-62-55(34-39)68-53-31-26-37-15-11-22-45-43-19-7-8-20-44(43)46-27-28-48(63(68)60(46)61(53)56(37)45)65(62)49-32-38-14-3-6-18-42(38)59-58-41-17-5-2-13-36(41)25-30-52(58)67(54)64(49)59/h1-34H. The lowest BCUT2D eigenvalue weighted by molar-refractivity contribution is 1.10. The normalized spacial score (nSPS) is 13.3. The van der Waals surface area contributed by atoms with Crippen LogP contribution in [0, 0.1) is 0 Å². The van der Waals surface area contributed by atoms with Gasteiger partial charge in [-0.2, -0.15) is 0 Å². The number of benzene rings is 12. The Hall–Kier alpha value is -8.86. The molecule has 0 fully saturated rings. The molecule has 18 rings (SSSR count). The van der Waals surface area contributed by atoms with Crippen LogP contribution < -0.4 is 16.4 Å². The van der Waals surface area contributed by atoms with E-state index in [2.05, 4.69) is 220 Å². The van der Waals surface area contributed by atoms with Gasteiger partial charge >= 0.3 is 0 Å². The maximum Gasteiger partial charge on any atom is 0.252 e. The van der Waals surface area contributed by atoms with E-state index in [0.717, 1.165) is 5.69 Å². The van der Waals surface area contributed by atoms with E-state index >= 15 is 0 Å². The molecule has 0 radical (unpaired) electrons. The third-order valence-electron chi connectivity index (χ3n) is 16.5. The van der Waals surface area contributed by atoms with Gasteiger partial charge in [-0.25, -0.2) is 0 Å². The van der Waals surface area contributed by atoms with E-state index in [-0.39, 0.29) is 6.71 Å². The molecule has 3 aromatic heterocycles. The largest absolute Gasteiger partial charge is 0.310 e. The molecule has 5 heterocycles. The molecule has 3 nitrogen and oxygen atoms in total. The van der Waals surface area contributed by atoms with Gasteiger partial charge in [0.05, 0.1) is 38.8 Å². The molecular weight excluding hydrogens is 822 g/mol.